The summed E-state index contributed by atoms with van der Waals surface area (Å²) in [6.45, 7) is 0. The average molecular weight is 164 g/mol. The van der Waals surface area contributed by atoms with Crippen LogP contribution in [0.4, 0.5) is 13.2 Å². The summed E-state index contributed by atoms with van der Waals surface area (Å²) in [5.41, 5.74) is -0.713. The monoisotopic (exact) mass is 164 g/mol. The summed E-state index contributed by atoms with van der Waals surface area (Å²) in [5.74, 6) is 0. The quantitative estimate of drug-likeness (QED) is 0.639. The van der Waals surface area contributed by atoms with Crippen LogP contribution < -0.4 is 6.15 Å². The van der Waals surface area contributed by atoms with Gasteiger partial charge in [-0.2, -0.15) is 13.2 Å². The highest BCUT2D eigenvalue weighted by Crippen LogP contribution is 2.27. The van der Waals surface area contributed by atoms with Gasteiger partial charge in [0.25, 0.3) is 0 Å². The zero-order valence-electron chi connectivity index (χ0n) is 5.60. The molecule has 2 nitrogen and oxygen atoms in total. The van der Waals surface area contributed by atoms with Crippen molar-refractivity contribution in [1.82, 2.24) is 11.1 Å². The summed E-state index contributed by atoms with van der Waals surface area (Å²) >= 11 is 0. The van der Waals surface area contributed by atoms with Gasteiger partial charge in [0.1, 0.15) is 0 Å². The fourth-order valence-corrected chi connectivity index (χ4v) is 0.530. The molecule has 0 aliphatic carbocycles. The topological polar surface area (TPSA) is 47.9 Å². The van der Waals surface area contributed by atoms with Crippen LogP contribution in [0.3, 0.4) is 0 Å². The molecular formula is C6H7F3N2. The molecule has 0 unspecified atom stereocenters. The van der Waals surface area contributed by atoms with Crippen LogP contribution in [0.5, 0.6) is 0 Å². The highest BCUT2D eigenvalue weighted by atomic mass is 19.4. The molecule has 1 aromatic rings. The number of nitrogens with zero attached hydrogens (tertiary/aromatic N) is 1. The Morgan fingerprint density at radius 3 is 2.18 bits per heavy atom. The molecule has 0 spiro atoms. The molecule has 3 N–H and O–H groups in total. The molecule has 1 aromatic heterocycles. The standard InChI is InChI=1S/C6H4F3N.H3N/c7-6(8,9)5-2-1-3-10-4-5;/h1-4H;1H3. The highest BCUT2D eigenvalue weighted by Gasteiger charge is 2.30. The van der Waals surface area contributed by atoms with Gasteiger partial charge in [-0.15, -0.1) is 0 Å². The van der Waals surface area contributed by atoms with E-state index in [9.17, 15) is 13.2 Å². The van der Waals surface area contributed by atoms with Crippen molar-refractivity contribution in [1.29, 1.82) is 0 Å². The largest absolute Gasteiger partial charge is 0.417 e. The number of pyridine rings is 1. The molecule has 0 aromatic carbocycles. The summed E-state index contributed by atoms with van der Waals surface area (Å²) < 4.78 is 35.2. The average Bonchev–Trinajstić information content (AvgIpc) is 1.88. The van der Waals surface area contributed by atoms with Gasteiger partial charge in [0.2, 0.25) is 0 Å². The Labute approximate surface area is 61.6 Å². The number of alkyl halides is 3. The first-order chi connectivity index (χ1) is 4.61. The maximum atomic E-state index is 11.7. The second-order valence-electron chi connectivity index (χ2n) is 1.74. The van der Waals surface area contributed by atoms with E-state index in [2.05, 4.69) is 4.98 Å². The number of halogens is 3. The summed E-state index contributed by atoms with van der Waals surface area (Å²) in [5, 5.41) is 0. The van der Waals surface area contributed by atoms with Crippen molar-refractivity contribution in [2.24, 2.45) is 0 Å². The van der Waals surface area contributed by atoms with Gasteiger partial charge in [-0.05, 0) is 12.1 Å². The molecule has 0 fully saturated rings. The van der Waals surface area contributed by atoms with E-state index >= 15 is 0 Å². The Kier molecular flexibility index (Phi) is 3.00. The number of rotatable bonds is 0. The third-order valence-electron chi connectivity index (χ3n) is 0.989. The zero-order valence-corrected chi connectivity index (χ0v) is 5.60. The molecular weight excluding hydrogens is 157 g/mol. The first-order valence-electron chi connectivity index (χ1n) is 2.58. The van der Waals surface area contributed by atoms with Crippen LogP contribution in [0, 0.1) is 0 Å². The second-order valence-corrected chi connectivity index (χ2v) is 1.74. The van der Waals surface area contributed by atoms with Crippen LogP contribution in [0.2, 0.25) is 0 Å². The zero-order chi connectivity index (χ0) is 7.61. The van der Waals surface area contributed by atoms with Crippen LogP contribution in [-0.2, 0) is 6.18 Å². The molecule has 11 heavy (non-hydrogen) atoms. The summed E-state index contributed by atoms with van der Waals surface area (Å²) in [6, 6.07) is 2.23. The van der Waals surface area contributed by atoms with Crippen LogP contribution in [-0.4, -0.2) is 4.98 Å². The second kappa shape index (κ2) is 3.34. The highest BCUT2D eigenvalue weighted by molar-refractivity contribution is 5.11. The molecule has 5 heteroatoms. The normalized spacial score (nSPS) is 10.5. The van der Waals surface area contributed by atoms with E-state index in [-0.39, 0.29) is 6.15 Å². The molecule has 1 rings (SSSR count). The van der Waals surface area contributed by atoms with Gasteiger partial charge in [-0.3, -0.25) is 4.98 Å². The first kappa shape index (κ1) is 9.90. The Morgan fingerprint density at radius 1 is 1.27 bits per heavy atom. The first-order valence-corrected chi connectivity index (χ1v) is 2.58. The van der Waals surface area contributed by atoms with Crippen molar-refractivity contribution in [3.63, 3.8) is 0 Å². The van der Waals surface area contributed by atoms with Gasteiger partial charge in [0.15, 0.2) is 0 Å². The number of hydrogen-bond acceptors (Lipinski definition) is 2. The van der Waals surface area contributed by atoms with Crippen molar-refractivity contribution in [2.75, 3.05) is 0 Å². The molecule has 0 aliphatic rings. The van der Waals surface area contributed by atoms with Gasteiger partial charge in [-0.25, -0.2) is 0 Å². The van der Waals surface area contributed by atoms with Crippen LogP contribution in [0.25, 0.3) is 0 Å². The van der Waals surface area contributed by atoms with E-state index in [0.29, 0.717) is 0 Å². The summed E-state index contributed by atoms with van der Waals surface area (Å²) in [7, 11) is 0. The minimum atomic E-state index is -4.27. The molecule has 0 saturated carbocycles. The van der Waals surface area contributed by atoms with E-state index in [4.69, 9.17) is 0 Å². The minimum absolute atomic E-state index is 0. The Balaban J connectivity index is 0.000001000. The molecule has 1 heterocycles. The third-order valence-corrected chi connectivity index (χ3v) is 0.989. The Hall–Kier alpha value is -1.10. The molecule has 0 radical (unpaired) electrons. The van der Waals surface area contributed by atoms with E-state index in [1.807, 2.05) is 0 Å². The molecule has 0 bridgehead atoms. The van der Waals surface area contributed by atoms with Gasteiger partial charge in [0, 0.05) is 12.4 Å². The lowest BCUT2D eigenvalue weighted by Gasteiger charge is -2.03. The van der Waals surface area contributed by atoms with Gasteiger partial charge in [-0.1, -0.05) is 0 Å². The lowest BCUT2D eigenvalue weighted by molar-refractivity contribution is -0.137. The minimum Gasteiger partial charge on any atom is -0.344 e. The molecule has 0 atom stereocenters. The van der Waals surface area contributed by atoms with Crippen molar-refractivity contribution < 1.29 is 13.2 Å². The van der Waals surface area contributed by atoms with Gasteiger partial charge in [0.05, 0.1) is 5.56 Å². The lowest BCUT2D eigenvalue weighted by atomic mass is 10.3. The molecule has 62 valence electrons. The van der Waals surface area contributed by atoms with Crippen LogP contribution >= 0.6 is 0 Å². The predicted octanol–water partition coefficient (Wildman–Crippen LogP) is 2.26. The molecule has 0 aliphatic heterocycles. The van der Waals surface area contributed by atoms with E-state index < -0.39 is 11.7 Å². The lowest BCUT2D eigenvalue weighted by Crippen LogP contribution is -2.04. The number of hydrogen-bond donors (Lipinski definition) is 1. The molecule has 0 saturated heterocycles. The summed E-state index contributed by atoms with van der Waals surface area (Å²) in [4.78, 5) is 3.33. The predicted molar refractivity (Wildman–Crippen MR) is 34.3 cm³/mol. The maximum Gasteiger partial charge on any atom is 0.417 e. The Morgan fingerprint density at radius 2 is 1.91 bits per heavy atom. The number of aromatic nitrogens is 1. The fraction of sp³-hybridized carbons (Fsp3) is 0.167. The van der Waals surface area contributed by atoms with Crippen LogP contribution in [0.15, 0.2) is 24.5 Å². The summed E-state index contributed by atoms with van der Waals surface area (Å²) in [6.07, 6.45) is -2.18. The Bertz CT molecular complexity index is 207. The third kappa shape index (κ3) is 2.55. The van der Waals surface area contributed by atoms with Crippen molar-refractivity contribution in [2.45, 2.75) is 6.18 Å². The van der Waals surface area contributed by atoms with Gasteiger partial charge >= 0.3 is 6.18 Å². The van der Waals surface area contributed by atoms with E-state index in [1.165, 1.54) is 12.3 Å². The van der Waals surface area contributed by atoms with Gasteiger partial charge < -0.3 is 6.15 Å². The maximum absolute atomic E-state index is 11.7. The van der Waals surface area contributed by atoms with E-state index in [1.54, 1.807) is 0 Å². The van der Waals surface area contributed by atoms with E-state index in [0.717, 1.165) is 12.3 Å². The van der Waals surface area contributed by atoms with Crippen molar-refractivity contribution >= 4 is 0 Å². The fourth-order valence-electron chi connectivity index (χ4n) is 0.530. The molecule has 0 amide bonds. The van der Waals surface area contributed by atoms with Crippen molar-refractivity contribution in [3.05, 3.63) is 30.1 Å². The van der Waals surface area contributed by atoms with Crippen LogP contribution in [0.1, 0.15) is 5.56 Å². The SMILES string of the molecule is FC(F)(F)c1cccnc1.N. The smallest absolute Gasteiger partial charge is 0.344 e. The van der Waals surface area contributed by atoms with Crippen molar-refractivity contribution in [3.8, 4) is 0 Å².